The summed E-state index contributed by atoms with van der Waals surface area (Å²) < 4.78 is 44.3. The van der Waals surface area contributed by atoms with Crippen LogP contribution in [0, 0.1) is 5.82 Å². The molecule has 0 aliphatic carbocycles. The first-order chi connectivity index (χ1) is 11.9. The van der Waals surface area contributed by atoms with Gasteiger partial charge >= 0.3 is 0 Å². The molecule has 134 valence electrons. The van der Waals surface area contributed by atoms with Crippen molar-refractivity contribution in [3.63, 3.8) is 0 Å². The summed E-state index contributed by atoms with van der Waals surface area (Å²) in [6, 6.07) is 11.3. The van der Waals surface area contributed by atoms with Gasteiger partial charge in [-0.05, 0) is 36.4 Å². The van der Waals surface area contributed by atoms with Gasteiger partial charge in [-0.2, -0.15) is 4.31 Å². The van der Waals surface area contributed by atoms with Crippen LogP contribution in [-0.4, -0.2) is 38.8 Å². The second-order valence-electron chi connectivity index (χ2n) is 5.13. The smallest absolute Gasteiger partial charge is 0.243 e. The molecule has 8 heteroatoms. The molecule has 0 atom stereocenters. The van der Waals surface area contributed by atoms with Gasteiger partial charge in [-0.1, -0.05) is 19.1 Å². The summed E-state index contributed by atoms with van der Waals surface area (Å²) in [5.74, 6) is -0.562. The second kappa shape index (κ2) is 8.09. The van der Waals surface area contributed by atoms with Crippen molar-refractivity contribution < 1.29 is 22.3 Å². The van der Waals surface area contributed by atoms with E-state index < -0.39 is 21.7 Å². The van der Waals surface area contributed by atoms with Crippen LogP contribution in [0.25, 0.3) is 0 Å². The van der Waals surface area contributed by atoms with E-state index in [1.165, 1.54) is 19.2 Å². The van der Waals surface area contributed by atoms with Crippen molar-refractivity contribution in [2.24, 2.45) is 0 Å². The van der Waals surface area contributed by atoms with Crippen LogP contribution >= 0.6 is 0 Å². The molecular formula is C17H19FN2O4S. The van der Waals surface area contributed by atoms with E-state index in [1.807, 2.05) is 0 Å². The predicted molar refractivity (Wildman–Crippen MR) is 92.5 cm³/mol. The van der Waals surface area contributed by atoms with E-state index >= 15 is 0 Å². The Balaban J connectivity index is 2.15. The summed E-state index contributed by atoms with van der Waals surface area (Å²) in [6.45, 7) is 1.35. The molecular weight excluding hydrogens is 347 g/mol. The molecule has 0 unspecified atom stereocenters. The fraction of sp³-hybridized carbons (Fsp3) is 0.235. The molecule has 0 aliphatic heterocycles. The molecule has 0 radical (unpaired) electrons. The minimum Gasteiger partial charge on any atom is -0.495 e. The monoisotopic (exact) mass is 366 g/mol. The maximum Gasteiger partial charge on any atom is 0.243 e. The highest BCUT2D eigenvalue weighted by Gasteiger charge is 2.25. The molecule has 0 bridgehead atoms. The predicted octanol–water partition coefficient (Wildman–Crippen LogP) is 2.48. The van der Waals surface area contributed by atoms with Gasteiger partial charge in [-0.15, -0.1) is 0 Å². The van der Waals surface area contributed by atoms with Crippen molar-refractivity contribution in [2.45, 2.75) is 11.8 Å². The Hall–Kier alpha value is -2.45. The average molecular weight is 366 g/mol. The molecule has 2 rings (SSSR count). The van der Waals surface area contributed by atoms with Gasteiger partial charge in [0, 0.05) is 6.54 Å². The van der Waals surface area contributed by atoms with E-state index in [2.05, 4.69) is 5.32 Å². The van der Waals surface area contributed by atoms with Crippen molar-refractivity contribution in [1.82, 2.24) is 4.31 Å². The number of ether oxygens (including phenoxy) is 1. The van der Waals surface area contributed by atoms with E-state index in [4.69, 9.17) is 4.74 Å². The largest absolute Gasteiger partial charge is 0.495 e. The number of anilines is 1. The fourth-order valence-corrected chi connectivity index (χ4v) is 3.63. The molecule has 1 amide bonds. The van der Waals surface area contributed by atoms with Crippen molar-refractivity contribution in [1.29, 1.82) is 0 Å². The van der Waals surface area contributed by atoms with Crippen LogP contribution in [0.1, 0.15) is 6.92 Å². The number of carbonyl (C=O) groups is 1. The number of nitrogens with one attached hydrogen (secondary N) is 1. The van der Waals surface area contributed by atoms with Gasteiger partial charge in [0.1, 0.15) is 11.6 Å². The van der Waals surface area contributed by atoms with Crippen molar-refractivity contribution in [2.75, 3.05) is 25.5 Å². The number of hydrogen-bond donors (Lipinski definition) is 1. The lowest BCUT2D eigenvalue weighted by Gasteiger charge is -2.20. The van der Waals surface area contributed by atoms with E-state index in [9.17, 15) is 17.6 Å². The first-order valence-electron chi connectivity index (χ1n) is 7.57. The highest BCUT2D eigenvalue weighted by atomic mass is 32.2. The van der Waals surface area contributed by atoms with Gasteiger partial charge in [-0.3, -0.25) is 4.79 Å². The molecule has 0 fully saturated rings. The number of carbonyl (C=O) groups excluding carboxylic acids is 1. The Morgan fingerprint density at radius 2 is 1.80 bits per heavy atom. The van der Waals surface area contributed by atoms with Gasteiger partial charge in [0.15, 0.2) is 0 Å². The van der Waals surface area contributed by atoms with Crippen LogP contribution in [0.2, 0.25) is 0 Å². The number of rotatable bonds is 7. The lowest BCUT2D eigenvalue weighted by Crippen LogP contribution is -2.37. The van der Waals surface area contributed by atoms with E-state index in [-0.39, 0.29) is 18.0 Å². The fourth-order valence-electron chi connectivity index (χ4n) is 2.22. The van der Waals surface area contributed by atoms with Crippen LogP contribution in [0.15, 0.2) is 53.4 Å². The Morgan fingerprint density at radius 1 is 1.16 bits per heavy atom. The molecule has 25 heavy (non-hydrogen) atoms. The zero-order valence-electron chi connectivity index (χ0n) is 13.9. The van der Waals surface area contributed by atoms with Crippen molar-refractivity contribution in [3.8, 4) is 5.75 Å². The number of likely N-dealkylation sites (N-methyl/N-ethyl adjacent to an activating group) is 1. The Bertz CT molecular complexity index is 838. The number of para-hydroxylation sites is 2. The Morgan fingerprint density at radius 3 is 2.40 bits per heavy atom. The van der Waals surface area contributed by atoms with Crippen LogP contribution in [0.4, 0.5) is 10.1 Å². The van der Waals surface area contributed by atoms with Gasteiger partial charge in [-0.25, -0.2) is 12.8 Å². The highest BCUT2D eigenvalue weighted by molar-refractivity contribution is 7.89. The molecule has 2 aromatic carbocycles. The Kier molecular flexibility index (Phi) is 6.11. The number of benzene rings is 2. The average Bonchev–Trinajstić information content (AvgIpc) is 2.60. The number of hydrogen-bond acceptors (Lipinski definition) is 4. The lowest BCUT2D eigenvalue weighted by molar-refractivity contribution is -0.116. The van der Waals surface area contributed by atoms with Gasteiger partial charge < -0.3 is 10.1 Å². The lowest BCUT2D eigenvalue weighted by atomic mass is 10.3. The zero-order chi connectivity index (χ0) is 18.4. The summed E-state index contributed by atoms with van der Waals surface area (Å²) in [6.07, 6.45) is 0. The minimum atomic E-state index is -3.90. The van der Waals surface area contributed by atoms with Crippen molar-refractivity contribution >= 4 is 21.6 Å². The molecule has 0 aromatic heterocycles. The van der Waals surface area contributed by atoms with Crippen LogP contribution in [0.5, 0.6) is 5.75 Å². The molecule has 0 heterocycles. The van der Waals surface area contributed by atoms with Crippen LogP contribution in [0.3, 0.4) is 0 Å². The molecule has 1 N–H and O–H groups in total. The Labute approximate surface area is 146 Å². The minimum absolute atomic E-state index is 0.0687. The maximum atomic E-state index is 13.0. The number of methoxy groups -OCH3 is 1. The molecule has 0 spiro atoms. The first kappa shape index (κ1) is 18.9. The quantitative estimate of drug-likeness (QED) is 0.817. The van der Waals surface area contributed by atoms with Crippen molar-refractivity contribution in [3.05, 3.63) is 54.3 Å². The summed E-state index contributed by atoms with van der Waals surface area (Å²) >= 11 is 0. The third kappa shape index (κ3) is 4.55. The molecule has 0 saturated carbocycles. The maximum absolute atomic E-state index is 13.0. The zero-order valence-corrected chi connectivity index (χ0v) is 14.7. The van der Waals surface area contributed by atoms with Crippen LogP contribution < -0.4 is 10.1 Å². The van der Waals surface area contributed by atoms with E-state index in [0.29, 0.717) is 11.4 Å². The van der Waals surface area contributed by atoms with Gasteiger partial charge in [0.2, 0.25) is 15.9 Å². The van der Waals surface area contributed by atoms with Crippen LogP contribution in [-0.2, 0) is 14.8 Å². The highest BCUT2D eigenvalue weighted by Crippen LogP contribution is 2.23. The van der Waals surface area contributed by atoms with E-state index in [0.717, 1.165) is 16.4 Å². The van der Waals surface area contributed by atoms with Gasteiger partial charge in [0.05, 0.1) is 24.2 Å². The normalized spacial score (nSPS) is 11.4. The van der Waals surface area contributed by atoms with E-state index in [1.54, 1.807) is 31.2 Å². The summed E-state index contributed by atoms with van der Waals surface area (Å²) in [5, 5.41) is 2.63. The third-order valence-electron chi connectivity index (χ3n) is 3.51. The molecule has 0 aliphatic rings. The van der Waals surface area contributed by atoms with Gasteiger partial charge in [0.25, 0.3) is 0 Å². The first-order valence-corrected chi connectivity index (χ1v) is 9.01. The summed E-state index contributed by atoms with van der Waals surface area (Å²) in [4.78, 5) is 12.2. The molecule has 0 saturated heterocycles. The second-order valence-corrected chi connectivity index (χ2v) is 7.07. The molecule has 6 nitrogen and oxygen atoms in total. The molecule has 2 aromatic rings. The topological polar surface area (TPSA) is 75.7 Å². The standard InChI is InChI=1S/C17H19FN2O4S/c1-3-20(25(22,23)14-10-8-13(18)9-11-14)12-17(21)19-15-6-4-5-7-16(15)24-2/h4-11H,3,12H2,1-2H3,(H,19,21). The number of nitrogens with zero attached hydrogens (tertiary/aromatic N) is 1. The number of sulfonamides is 1. The summed E-state index contributed by atoms with van der Waals surface area (Å²) in [5.41, 5.74) is 0.449. The summed E-state index contributed by atoms with van der Waals surface area (Å²) in [7, 11) is -2.42. The number of amides is 1. The SMILES string of the molecule is CCN(CC(=O)Nc1ccccc1OC)S(=O)(=O)c1ccc(F)cc1. The number of halogens is 1. The third-order valence-corrected chi connectivity index (χ3v) is 5.44.